The highest BCUT2D eigenvalue weighted by molar-refractivity contribution is 7.16. The number of para-hydroxylation sites is 1. The maximum absolute atomic E-state index is 15.0. The number of fused-ring (bicyclic) bond motifs is 2. The van der Waals surface area contributed by atoms with Gasteiger partial charge in [0.15, 0.2) is 17.3 Å². The van der Waals surface area contributed by atoms with Gasteiger partial charge in [0, 0.05) is 25.4 Å². The summed E-state index contributed by atoms with van der Waals surface area (Å²) >= 11 is 1.29. The second kappa shape index (κ2) is 10.2. The van der Waals surface area contributed by atoms with Gasteiger partial charge in [-0.3, -0.25) is 14.2 Å². The van der Waals surface area contributed by atoms with Crippen LogP contribution >= 0.6 is 11.3 Å². The number of pyridine rings is 2. The molecular formula is C29H21FN4O4S. The van der Waals surface area contributed by atoms with Gasteiger partial charge in [0.1, 0.15) is 16.2 Å². The largest absolute Gasteiger partial charge is 0.453 e. The first-order chi connectivity index (χ1) is 19.0. The van der Waals surface area contributed by atoms with E-state index in [4.69, 9.17) is 4.74 Å². The van der Waals surface area contributed by atoms with Crippen LogP contribution in [0.5, 0.6) is 11.5 Å². The third kappa shape index (κ3) is 4.60. The lowest BCUT2D eigenvalue weighted by molar-refractivity contribution is 0.0991. The predicted octanol–water partition coefficient (Wildman–Crippen LogP) is 5.22. The molecule has 2 N–H and O–H groups in total. The van der Waals surface area contributed by atoms with Gasteiger partial charge in [-0.15, -0.1) is 11.3 Å². The van der Waals surface area contributed by atoms with Gasteiger partial charge in [0.25, 0.3) is 5.56 Å². The van der Waals surface area contributed by atoms with Crippen LogP contribution in [0.3, 0.4) is 0 Å². The molecule has 4 heterocycles. The number of aromatic amines is 1. The molecule has 0 amide bonds. The minimum atomic E-state index is -0.633. The number of thiazole rings is 1. The molecule has 39 heavy (non-hydrogen) atoms. The van der Waals surface area contributed by atoms with Crippen molar-refractivity contribution < 1.29 is 19.0 Å². The Morgan fingerprint density at radius 1 is 1.08 bits per heavy atom. The number of hydrogen-bond donors (Lipinski definition) is 2. The molecule has 6 rings (SSSR count). The number of halogens is 1. The molecule has 0 atom stereocenters. The van der Waals surface area contributed by atoms with E-state index >= 15 is 4.39 Å². The van der Waals surface area contributed by atoms with Crippen LogP contribution in [0.4, 0.5) is 4.39 Å². The van der Waals surface area contributed by atoms with Crippen LogP contribution in [0.2, 0.25) is 0 Å². The van der Waals surface area contributed by atoms with E-state index in [0.717, 1.165) is 5.56 Å². The zero-order valence-electron chi connectivity index (χ0n) is 20.4. The summed E-state index contributed by atoms with van der Waals surface area (Å²) in [5.74, 6) is -0.639. The van der Waals surface area contributed by atoms with Crippen molar-refractivity contribution in [2.24, 2.45) is 0 Å². The number of Topliss-reactive ketones (excluding diaryl/α,β-unsaturated/α-hetero) is 1. The Balaban J connectivity index is 1.32. The fourth-order valence-corrected chi connectivity index (χ4v) is 5.35. The molecule has 0 bridgehead atoms. The third-order valence-corrected chi connectivity index (χ3v) is 7.23. The summed E-state index contributed by atoms with van der Waals surface area (Å²) in [6.07, 6.45) is 3.45. The molecule has 4 aromatic heterocycles. The van der Waals surface area contributed by atoms with E-state index in [-0.39, 0.29) is 24.3 Å². The normalized spacial score (nSPS) is 11.3. The van der Waals surface area contributed by atoms with Crippen molar-refractivity contribution in [2.45, 2.75) is 12.8 Å². The SMILES string of the molecule is O=C(Cc1ccc(Oc2ccnc3[nH]ccc23)c(F)c1)c1cc2ncsc2n(-c2ccccc2CCO)c1=O. The summed E-state index contributed by atoms with van der Waals surface area (Å²) < 4.78 is 22.3. The number of H-pyrrole nitrogens is 1. The lowest BCUT2D eigenvalue weighted by Crippen LogP contribution is -2.26. The molecule has 6 aromatic rings. The molecule has 0 aliphatic rings. The molecule has 8 nitrogen and oxygen atoms in total. The Labute approximate surface area is 225 Å². The highest BCUT2D eigenvalue weighted by Gasteiger charge is 2.20. The first-order valence-electron chi connectivity index (χ1n) is 12.1. The average Bonchev–Trinajstić information content (AvgIpc) is 3.61. The van der Waals surface area contributed by atoms with Crippen LogP contribution in [-0.4, -0.2) is 37.0 Å². The predicted molar refractivity (Wildman–Crippen MR) is 147 cm³/mol. The Hall–Kier alpha value is -4.67. The van der Waals surface area contributed by atoms with Crippen molar-refractivity contribution in [1.29, 1.82) is 0 Å². The van der Waals surface area contributed by atoms with Crippen LogP contribution in [0.15, 0.2) is 83.4 Å². The van der Waals surface area contributed by atoms with Crippen LogP contribution in [0, 0.1) is 5.82 Å². The standard InChI is InChI=1S/C29H21FN4O4S/c30-21-13-17(5-6-26(21)38-25-8-11-32-27-19(25)7-10-31-27)14-24(36)20-15-22-29(39-16-33-22)34(28(20)37)23-4-2-1-3-18(23)9-12-35/h1-8,10-11,13,15-16,35H,9,12,14H2,(H,31,32). The van der Waals surface area contributed by atoms with E-state index in [0.29, 0.717) is 44.8 Å². The van der Waals surface area contributed by atoms with E-state index in [1.54, 1.807) is 48.2 Å². The Kier molecular flexibility index (Phi) is 6.47. The van der Waals surface area contributed by atoms with Crippen molar-refractivity contribution in [1.82, 2.24) is 19.5 Å². The number of benzene rings is 2. The van der Waals surface area contributed by atoms with E-state index in [1.165, 1.54) is 34.1 Å². The summed E-state index contributed by atoms with van der Waals surface area (Å²) in [6.45, 7) is -0.0846. The highest BCUT2D eigenvalue weighted by atomic mass is 32.1. The van der Waals surface area contributed by atoms with Gasteiger partial charge >= 0.3 is 0 Å². The molecule has 0 radical (unpaired) electrons. The number of ketones is 1. The number of ether oxygens (including phenoxy) is 1. The van der Waals surface area contributed by atoms with Gasteiger partial charge in [-0.1, -0.05) is 24.3 Å². The number of aliphatic hydroxyl groups is 1. The van der Waals surface area contributed by atoms with Gasteiger partial charge in [0.05, 0.1) is 27.7 Å². The number of hydrogen-bond acceptors (Lipinski definition) is 7. The smallest absolute Gasteiger partial charge is 0.267 e. The van der Waals surface area contributed by atoms with Crippen LogP contribution in [0.25, 0.3) is 27.1 Å². The minimum Gasteiger partial charge on any atom is -0.453 e. The fourth-order valence-electron chi connectivity index (χ4n) is 4.57. The van der Waals surface area contributed by atoms with Crippen LogP contribution in [0.1, 0.15) is 21.5 Å². The first kappa shape index (κ1) is 24.7. The Morgan fingerprint density at radius 3 is 2.79 bits per heavy atom. The zero-order chi connectivity index (χ0) is 26.9. The molecule has 0 fully saturated rings. The second-order valence-corrected chi connectivity index (χ2v) is 9.69. The highest BCUT2D eigenvalue weighted by Crippen LogP contribution is 2.30. The van der Waals surface area contributed by atoms with Crippen molar-refractivity contribution in [2.75, 3.05) is 6.61 Å². The lowest BCUT2D eigenvalue weighted by atomic mass is 10.0. The number of aromatic nitrogens is 4. The first-order valence-corrected chi connectivity index (χ1v) is 13.0. The number of carbonyl (C=O) groups excluding carboxylic acids is 1. The number of rotatable bonds is 8. The quantitative estimate of drug-likeness (QED) is 0.256. The number of nitrogens with zero attached hydrogens (tertiary/aromatic N) is 3. The minimum absolute atomic E-state index is 0.00615. The third-order valence-electron chi connectivity index (χ3n) is 6.41. The zero-order valence-corrected chi connectivity index (χ0v) is 21.2. The molecule has 0 saturated heterocycles. The maximum atomic E-state index is 15.0. The fraction of sp³-hybridized carbons (Fsp3) is 0.103. The van der Waals surface area contributed by atoms with E-state index in [2.05, 4.69) is 15.0 Å². The summed E-state index contributed by atoms with van der Waals surface area (Å²) in [5, 5.41) is 10.2. The van der Waals surface area contributed by atoms with E-state index in [9.17, 15) is 14.7 Å². The lowest BCUT2D eigenvalue weighted by Gasteiger charge is -2.14. The molecule has 10 heteroatoms. The van der Waals surface area contributed by atoms with Crippen LogP contribution < -0.4 is 10.3 Å². The topological polar surface area (TPSA) is 110 Å². The van der Waals surface area contributed by atoms with Crippen LogP contribution in [-0.2, 0) is 12.8 Å². The molecule has 194 valence electrons. The number of carbonyl (C=O) groups is 1. The molecule has 0 aliphatic heterocycles. The molecule has 0 unspecified atom stereocenters. The summed E-state index contributed by atoms with van der Waals surface area (Å²) in [6, 6.07) is 16.4. The molecule has 2 aromatic carbocycles. The van der Waals surface area contributed by atoms with Crippen molar-refractivity contribution in [3.05, 3.63) is 111 Å². The molecule has 0 aliphatic carbocycles. The summed E-state index contributed by atoms with van der Waals surface area (Å²) in [7, 11) is 0. The van der Waals surface area contributed by atoms with E-state index in [1.807, 2.05) is 12.1 Å². The van der Waals surface area contributed by atoms with Gasteiger partial charge in [-0.25, -0.2) is 14.4 Å². The monoisotopic (exact) mass is 540 g/mol. The molecule has 0 spiro atoms. The van der Waals surface area contributed by atoms with Gasteiger partial charge in [0.2, 0.25) is 0 Å². The number of aliphatic hydroxyl groups excluding tert-OH is 1. The molecular weight excluding hydrogens is 519 g/mol. The second-order valence-electron chi connectivity index (χ2n) is 8.86. The van der Waals surface area contributed by atoms with E-state index < -0.39 is 17.2 Å². The van der Waals surface area contributed by atoms with Crippen molar-refractivity contribution >= 4 is 38.5 Å². The molecule has 0 saturated carbocycles. The van der Waals surface area contributed by atoms with Crippen molar-refractivity contribution in [3.8, 4) is 17.2 Å². The summed E-state index contributed by atoms with van der Waals surface area (Å²) in [4.78, 5) is 39.1. The Bertz CT molecular complexity index is 1910. The summed E-state index contributed by atoms with van der Waals surface area (Å²) in [5.41, 5.74) is 3.96. The van der Waals surface area contributed by atoms with Gasteiger partial charge < -0.3 is 14.8 Å². The van der Waals surface area contributed by atoms with Crippen molar-refractivity contribution in [3.63, 3.8) is 0 Å². The Morgan fingerprint density at radius 2 is 1.95 bits per heavy atom. The number of nitrogens with one attached hydrogen (secondary N) is 1. The van der Waals surface area contributed by atoms with Gasteiger partial charge in [-0.2, -0.15) is 0 Å². The maximum Gasteiger partial charge on any atom is 0.267 e. The average molecular weight is 541 g/mol. The van der Waals surface area contributed by atoms with Gasteiger partial charge in [-0.05, 0) is 53.9 Å².